The van der Waals surface area contributed by atoms with E-state index in [4.69, 9.17) is 4.98 Å². The lowest BCUT2D eigenvalue weighted by atomic mass is 10.4. The van der Waals surface area contributed by atoms with Crippen LogP contribution in [0.4, 0.5) is 0 Å². The van der Waals surface area contributed by atoms with Crippen molar-refractivity contribution in [2.45, 2.75) is 44.2 Å². The average Bonchev–Trinajstić information content (AvgIpc) is 3.28. The van der Waals surface area contributed by atoms with E-state index in [0.29, 0.717) is 6.04 Å². The number of hydrogen-bond acceptors (Lipinski definition) is 3. The van der Waals surface area contributed by atoms with Gasteiger partial charge in [-0.25, -0.2) is 9.97 Å². The van der Waals surface area contributed by atoms with E-state index in [9.17, 15) is 0 Å². The Balaban J connectivity index is 1.62. The number of imidazole rings is 1. The summed E-state index contributed by atoms with van der Waals surface area (Å²) in [6.07, 6.45) is 8.15. The molecule has 0 aliphatic heterocycles. The molecule has 0 radical (unpaired) electrons. The molecule has 4 rings (SSSR count). The van der Waals surface area contributed by atoms with E-state index in [0.717, 1.165) is 30.2 Å². The first kappa shape index (κ1) is 10.5. The second-order valence-electron chi connectivity index (χ2n) is 5.45. The van der Waals surface area contributed by atoms with E-state index in [1.165, 1.54) is 31.5 Å². The van der Waals surface area contributed by atoms with E-state index in [2.05, 4.69) is 20.9 Å². The first-order chi connectivity index (χ1) is 8.92. The standard InChI is InChI=1S/C14H18N4/c1-2-12-14(16-8-1)18(11-5-6-11)13(17-12)7-9-15-10-3-4-10/h1-2,8,10-11,15H,3-7,9H2. The van der Waals surface area contributed by atoms with E-state index < -0.39 is 0 Å². The number of hydrogen-bond donors (Lipinski definition) is 1. The molecule has 18 heavy (non-hydrogen) atoms. The van der Waals surface area contributed by atoms with Crippen molar-refractivity contribution in [2.75, 3.05) is 6.54 Å². The van der Waals surface area contributed by atoms with E-state index >= 15 is 0 Å². The molecule has 0 aromatic carbocycles. The Morgan fingerprint density at radius 2 is 2.17 bits per heavy atom. The molecule has 0 amide bonds. The molecule has 2 fully saturated rings. The number of nitrogens with zero attached hydrogens (tertiary/aromatic N) is 3. The van der Waals surface area contributed by atoms with Crippen molar-refractivity contribution in [3.63, 3.8) is 0 Å². The maximum absolute atomic E-state index is 4.75. The third-order valence-corrected chi connectivity index (χ3v) is 3.79. The van der Waals surface area contributed by atoms with Crippen molar-refractivity contribution in [3.05, 3.63) is 24.2 Å². The monoisotopic (exact) mass is 242 g/mol. The van der Waals surface area contributed by atoms with Crippen LogP contribution in [0, 0.1) is 0 Å². The van der Waals surface area contributed by atoms with Crippen LogP contribution >= 0.6 is 0 Å². The zero-order valence-corrected chi connectivity index (χ0v) is 10.5. The first-order valence-corrected chi connectivity index (χ1v) is 6.97. The van der Waals surface area contributed by atoms with Crippen LogP contribution in [0.5, 0.6) is 0 Å². The average molecular weight is 242 g/mol. The fourth-order valence-electron chi connectivity index (χ4n) is 2.54. The van der Waals surface area contributed by atoms with Gasteiger partial charge in [-0.1, -0.05) is 0 Å². The Labute approximate surface area is 106 Å². The van der Waals surface area contributed by atoms with Gasteiger partial charge < -0.3 is 9.88 Å². The van der Waals surface area contributed by atoms with Crippen LogP contribution in [-0.4, -0.2) is 27.1 Å². The normalized spacial score (nSPS) is 19.6. The summed E-state index contributed by atoms with van der Waals surface area (Å²) in [5.41, 5.74) is 2.12. The summed E-state index contributed by atoms with van der Waals surface area (Å²) in [7, 11) is 0. The van der Waals surface area contributed by atoms with Gasteiger partial charge in [-0.2, -0.15) is 0 Å². The largest absolute Gasteiger partial charge is 0.314 e. The molecule has 2 aromatic heterocycles. The topological polar surface area (TPSA) is 42.7 Å². The molecular formula is C14H18N4. The van der Waals surface area contributed by atoms with Gasteiger partial charge >= 0.3 is 0 Å². The van der Waals surface area contributed by atoms with Crippen molar-refractivity contribution in [1.29, 1.82) is 0 Å². The fourth-order valence-corrected chi connectivity index (χ4v) is 2.54. The number of nitrogens with one attached hydrogen (secondary N) is 1. The molecule has 0 spiro atoms. The minimum Gasteiger partial charge on any atom is -0.314 e. The third-order valence-electron chi connectivity index (χ3n) is 3.79. The SMILES string of the molecule is c1cnc2c(c1)nc(CCNC1CC1)n2C1CC1. The van der Waals surface area contributed by atoms with Crippen molar-refractivity contribution in [3.8, 4) is 0 Å². The summed E-state index contributed by atoms with van der Waals surface area (Å²) < 4.78 is 2.36. The Morgan fingerprint density at radius 1 is 1.28 bits per heavy atom. The molecule has 2 aliphatic rings. The van der Waals surface area contributed by atoms with Gasteiger partial charge in [-0.3, -0.25) is 0 Å². The minimum absolute atomic E-state index is 0.654. The van der Waals surface area contributed by atoms with Crippen molar-refractivity contribution in [1.82, 2.24) is 19.9 Å². The predicted molar refractivity (Wildman–Crippen MR) is 70.5 cm³/mol. The van der Waals surface area contributed by atoms with Gasteiger partial charge in [-0.05, 0) is 37.8 Å². The molecule has 2 aromatic rings. The van der Waals surface area contributed by atoms with Gasteiger partial charge in [0.15, 0.2) is 5.65 Å². The van der Waals surface area contributed by atoms with Gasteiger partial charge in [0.1, 0.15) is 11.3 Å². The Morgan fingerprint density at radius 3 is 2.94 bits per heavy atom. The number of rotatable bonds is 5. The first-order valence-electron chi connectivity index (χ1n) is 6.97. The zero-order chi connectivity index (χ0) is 11.9. The summed E-state index contributed by atoms with van der Waals surface area (Å²) in [5.74, 6) is 1.21. The Bertz CT molecular complexity index is 566. The molecule has 94 valence electrons. The fraction of sp³-hybridized carbons (Fsp3) is 0.571. The maximum Gasteiger partial charge on any atom is 0.160 e. The third kappa shape index (κ3) is 1.90. The molecule has 4 heteroatoms. The second-order valence-corrected chi connectivity index (χ2v) is 5.45. The molecule has 0 saturated heterocycles. The number of aromatic nitrogens is 3. The van der Waals surface area contributed by atoms with Crippen LogP contribution in [0.25, 0.3) is 11.2 Å². The molecular weight excluding hydrogens is 224 g/mol. The summed E-state index contributed by atoms with van der Waals surface area (Å²) in [4.78, 5) is 9.25. The summed E-state index contributed by atoms with van der Waals surface area (Å²) in [6.45, 7) is 1.04. The second kappa shape index (κ2) is 4.05. The van der Waals surface area contributed by atoms with Crippen LogP contribution in [0.1, 0.15) is 37.5 Å². The lowest BCUT2D eigenvalue weighted by Crippen LogP contribution is -2.20. The molecule has 4 nitrogen and oxygen atoms in total. The van der Waals surface area contributed by atoms with Crippen molar-refractivity contribution in [2.24, 2.45) is 0 Å². The summed E-state index contributed by atoms with van der Waals surface area (Å²) in [6, 6.07) is 5.47. The van der Waals surface area contributed by atoms with Gasteiger partial charge in [0.25, 0.3) is 0 Å². The predicted octanol–water partition coefficient (Wildman–Crippen LogP) is 2.06. The molecule has 2 heterocycles. The van der Waals surface area contributed by atoms with E-state index in [1.807, 2.05) is 12.3 Å². The lowest BCUT2D eigenvalue weighted by Gasteiger charge is -2.07. The van der Waals surface area contributed by atoms with E-state index in [1.54, 1.807) is 0 Å². The minimum atomic E-state index is 0.654. The van der Waals surface area contributed by atoms with Gasteiger partial charge in [0.2, 0.25) is 0 Å². The molecule has 2 saturated carbocycles. The Hall–Kier alpha value is -1.42. The molecule has 0 bridgehead atoms. The van der Waals surface area contributed by atoms with Crippen LogP contribution in [0.3, 0.4) is 0 Å². The number of fused-ring (bicyclic) bond motifs is 1. The quantitative estimate of drug-likeness (QED) is 0.872. The zero-order valence-electron chi connectivity index (χ0n) is 10.5. The smallest absolute Gasteiger partial charge is 0.160 e. The molecule has 0 atom stereocenters. The molecule has 1 N–H and O–H groups in total. The van der Waals surface area contributed by atoms with Gasteiger partial charge in [0, 0.05) is 31.2 Å². The Kier molecular flexibility index (Phi) is 2.36. The van der Waals surface area contributed by atoms with Crippen molar-refractivity contribution < 1.29 is 0 Å². The van der Waals surface area contributed by atoms with Crippen LogP contribution in [-0.2, 0) is 6.42 Å². The van der Waals surface area contributed by atoms with E-state index in [-0.39, 0.29) is 0 Å². The summed E-state index contributed by atoms with van der Waals surface area (Å²) in [5, 5.41) is 3.56. The highest BCUT2D eigenvalue weighted by Gasteiger charge is 2.28. The van der Waals surface area contributed by atoms with Crippen molar-refractivity contribution >= 4 is 11.2 Å². The maximum atomic E-state index is 4.75. The van der Waals surface area contributed by atoms with Gasteiger partial charge in [0.05, 0.1) is 0 Å². The highest BCUT2D eigenvalue weighted by atomic mass is 15.2. The van der Waals surface area contributed by atoms with Crippen LogP contribution in [0.2, 0.25) is 0 Å². The number of pyridine rings is 1. The molecule has 0 unspecified atom stereocenters. The highest BCUT2D eigenvalue weighted by Crippen LogP contribution is 2.38. The lowest BCUT2D eigenvalue weighted by molar-refractivity contribution is 0.630. The van der Waals surface area contributed by atoms with Crippen LogP contribution < -0.4 is 5.32 Å². The van der Waals surface area contributed by atoms with Gasteiger partial charge in [-0.15, -0.1) is 0 Å². The molecule has 2 aliphatic carbocycles. The summed E-state index contributed by atoms with van der Waals surface area (Å²) >= 11 is 0. The van der Waals surface area contributed by atoms with Crippen LogP contribution in [0.15, 0.2) is 18.3 Å². The highest BCUT2D eigenvalue weighted by molar-refractivity contribution is 5.71.